The summed E-state index contributed by atoms with van der Waals surface area (Å²) in [5.41, 5.74) is 3.96. The number of benzene rings is 2. The van der Waals surface area contributed by atoms with E-state index in [0.717, 1.165) is 48.7 Å². The maximum absolute atomic E-state index is 12.3. The second-order valence-electron chi connectivity index (χ2n) is 7.69. The minimum absolute atomic E-state index is 0.0428. The molecule has 0 unspecified atom stereocenters. The number of carbonyl (C=O) groups is 2. The molecule has 2 amide bonds. The zero-order valence-electron chi connectivity index (χ0n) is 16.7. The van der Waals surface area contributed by atoms with E-state index in [1.54, 1.807) is 0 Å². The molecule has 1 saturated heterocycles. The van der Waals surface area contributed by atoms with Gasteiger partial charge in [-0.15, -0.1) is 0 Å². The van der Waals surface area contributed by atoms with Crippen molar-refractivity contribution in [2.75, 3.05) is 49.9 Å². The topological polar surface area (TPSA) is 67.1 Å². The molecule has 148 valence electrons. The number of amides is 2. The molecule has 4 N–H and O–H groups in total. The third kappa shape index (κ3) is 6.18. The van der Waals surface area contributed by atoms with Crippen LogP contribution < -0.4 is 20.4 Å². The highest BCUT2D eigenvalue weighted by Gasteiger charge is 2.26. The molecule has 3 rings (SSSR count). The van der Waals surface area contributed by atoms with Crippen molar-refractivity contribution in [1.29, 1.82) is 0 Å². The maximum Gasteiger partial charge on any atom is 0.279 e. The molecule has 1 heterocycles. The lowest BCUT2D eigenvalue weighted by atomic mass is 10.2. The summed E-state index contributed by atoms with van der Waals surface area (Å²) in [5.74, 6) is 0.0856. The molecule has 1 aliphatic rings. The Hall–Kier alpha value is -2.70. The van der Waals surface area contributed by atoms with Gasteiger partial charge in [0.1, 0.15) is 26.2 Å². The Kier molecular flexibility index (Phi) is 6.79. The average molecular weight is 383 g/mol. The molecule has 0 saturated carbocycles. The van der Waals surface area contributed by atoms with Gasteiger partial charge in [-0.1, -0.05) is 24.3 Å². The second-order valence-corrected chi connectivity index (χ2v) is 7.69. The van der Waals surface area contributed by atoms with Gasteiger partial charge in [-0.25, -0.2) is 0 Å². The van der Waals surface area contributed by atoms with Crippen LogP contribution in [0.3, 0.4) is 0 Å². The molecule has 28 heavy (non-hydrogen) atoms. The molecular formula is C22H30N4O2+2. The highest BCUT2D eigenvalue weighted by Crippen LogP contribution is 2.09. The first-order chi connectivity index (χ1) is 13.5. The van der Waals surface area contributed by atoms with E-state index >= 15 is 0 Å². The Labute approximate surface area is 166 Å². The van der Waals surface area contributed by atoms with E-state index in [2.05, 4.69) is 10.6 Å². The molecular weight excluding hydrogens is 352 g/mol. The van der Waals surface area contributed by atoms with Crippen LogP contribution in [0.5, 0.6) is 0 Å². The molecule has 0 aliphatic carbocycles. The Morgan fingerprint density at radius 2 is 1.14 bits per heavy atom. The Balaban J connectivity index is 1.39. The summed E-state index contributed by atoms with van der Waals surface area (Å²) in [7, 11) is 0. The Bertz CT molecular complexity index is 759. The van der Waals surface area contributed by atoms with Crippen molar-refractivity contribution in [2.45, 2.75) is 13.8 Å². The summed E-state index contributed by atoms with van der Waals surface area (Å²) in [5, 5.41) is 5.95. The number of aryl methyl sites for hydroxylation is 2. The van der Waals surface area contributed by atoms with Crippen LogP contribution in [0.4, 0.5) is 11.4 Å². The predicted molar refractivity (Wildman–Crippen MR) is 111 cm³/mol. The van der Waals surface area contributed by atoms with Gasteiger partial charge in [0.2, 0.25) is 0 Å². The van der Waals surface area contributed by atoms with E-state index in [-0.39, 0.29) is 11.8 Å². The van der Waals surface area contributed by atoms with Gasteiger partial charge in [-0.05, 0) is 49.2 Å². The predicted octanol–water partition coefficient (Wildman–Crippen LogP) is -0.336. The summed E-state index contributed by atoms with van der Waals surface area (Å²) in [6.07, 6.45) is 0. The minimum Gasteiger partial charge on any atom is -0.321 e. The van der Waals surface area contributed by atoms with Crippen molar-refractivity contribution < 1.29 is 19.4 Å². The lowest BCUT2D eigenvalue weighted by Crippen LogP contribution is -3.28. The zero-order chi connectivity index (χ0) is 19.9. The number of rotatable bonds is 6. The second kappa shape index (κ2) is 9.48. The molecule has 2 aromatic rings. The molecule has 0 spiro atoms. The van der Waals surface area contributed by atoms with E-state index in [1.165, 1.54) is 9.80 Å². The minimum atomic E-state index is 0.0428. The van der Waals surface area contributed by atoms with Gasteiger partial charge in [0.05, 0.1) is 0 Å². The van der Waals surface area contributed by atoms with Crippen molar-refractivity contribution in [2.24, 2.45) is 0 Å². The fourth-order valence-electron chi connectivity index (χ4n) is 3.62. The quantitative estimate of drug-likeness (QED) is 0.553. The van der Waals surface area contributed by atoms with E-state index in [9.17, 15) is 9.59 Å². The average Bonchev–Trinajstić information content (AvgIpc) is 2.63. The lowest BCUT2D eigenvalue weighted by Gasteiger charge is -2.29. The maximum atomic E-state index is 12.3. The highest BCUT2D eigenvalue weighted by atomic mass is 16.2. The largest absolute Gasteiger partial charge is 0.321 e. The van der Waals surface area contributed by atoms with Crippen molar-refractivity contribution in [1.82, 2.24) is 0 Å². The zero-order valence-corrected chi connectivity index (χ0v) is 16.7. The number of quaternary nitrogens is 2. The smallest absolute Gasteiger partial charge is 0.279 e. The fourth-order valence-corrected chi connectivity index (χ4v) is 3.62. The highest BCUT2D eigenvalue weighted by molar-refractivity contribution is 5.92. The third-order valence-electron chi connectivity index (χ3n) is 5.09. The van der Waals surface area contributed by atoms with Gasteiger partial charge >= 0.3 is 0 Å². The van der Waals surface area contributed by atoms with Crippen LogP contribution in [0.15, 0.2) is 48.5 Å². The molecule has 1 aliphatic heterocycles. The molecule has 1 fully saturated rings. The number of anilines is 2. The van der Waals surface area contributed by atoms with Crippen molar-refractivity contribution in [3.8, 4) is 0 Å². The molecule has 0 bridgehead atoms. The van der Waals surface area contributed by atoms with Gasteiger partial charge in [0, 0.05) is 11.4 Å². The number of piperazine rings is 1. The van der Waals surface area contributed by atoms with Gasteiger partial charge in [0.25, 0.3) is 11.8 Å². The van der Waals surface area contributed by atoms with Gasteiger partial charge in [-0.3, -0.25) is 9.59 Å². The Morgan fingerprint density at radius 3 is 1.50 bits per heavy atom. The van der Waals surface area contributed by atoms with Gasteiger partial charge in [-0.2, -0.15) is 0 Å². The SMILES string of the molecule is Cc1cccc(NC(=O)C[NH+]2CC[NH+](CC(=O)Nc3cccc(C)c3)CC2)c1. The van der Waals surface area contributed by atoms with Crippen molar-refractivity contribution in [3.63, 3.8) is 0 Å². The normalized spacial score (nSPS) is 19.1. The van der Waals surface area contributed by atoms with Gasteiger partial charge in [0.15, 0.2) is 13.1 Å². The standard InChI is InChI=1S/C22H28N4O2/c1-17-5-3-7-19(13-17)23-21(27)15-25-9-11-26(12-10-25)16-22(28)24-20-8-4-6-18(2)14-20/h3-8,13-14H,9-12,15-16H2,1-2H3,(H,23,27)(H,24,28)/p+2. The van der Waals surface area contributed by atoms with Crippen LogP contribution in [0.2, 0.25) is 0 Å². The summed E-state index contributed by atoms with van der Waals surface area (Å²) in [6.45, 7) is 8.55. The molecule has 0 atom stereocenters. The number of nitrogens with one attached hydrogen (secondary N) is 4. The molecule has 6 heteroatoms. The molecule has 2 aromatic carbocycles. The molecule has 0 radical (unpaired) electrons. The summed E-state index contributed by atoms with van der Waals surface area (Å²) in [4.78, 5) is 27.1. The third-order valence-corrected chi connectivity index (χ3v) is 5.09. The summed E-state index contributed by atoms with van der Waals surface area (Å²) < 4.78 is 0. The van der Waals surface area contributed by atoms with E-state index < -0.39 is 0 Å². The van der Waals surface area contributed by atoms with Crippen LogP contribution >= 0.6 is 0 Å². The first-order valence-electron chi connectivity index (χ1n) is 9.88. The van der Waals surface area contributed by atoms with Crippen LogP contribution in [-0.2, 0) is 9.59 Å². The first kappa shape index (κ1) is 20.0. The van der Waals surface area contributed by atoms with Crippen molar-refractivity contribution in [3.05, 3.63) is 59.7 Å². The van der Waals surface area contributed by atoms with Crippen molar-refractivity contribution >= 4 is 23.2 Å². The number of carbonyl (C=O) groups excluding carboxylic acids is 2. The van der Waals surface area contributed by atoms with Crippen LogP contribution in [0.1, 0.15) is 11.1 Å². The van der Waals surface area contributed by atoms with E-state index in [0.29, 0.717) is 13.1 Å². The van der Waals surface area contributed by atoms with E-state index in [1.807, 2.05) is 62.4 Å². The Morgan fingerprint density at radius 1 is 0.750 bits per heavy atom. The van der Waals surface area contributed by atoms with Crippen LogP contribution in [0.25, 0.3) is 0 Å². The number of hydrogen-bond donors (Lipinski definition) is 4. The lowest BCUT2D eigenvalue weighted by molar-refractivity contribution is -1.00. The van der Waals surface area contributed by atoms with Gasteiger partial charge < -0.3 is 20.4 Å². The van der Waals surface area contributed by atoms with Crippen LogP contribution in [-0.4, -0.2) is 51.1 Å². The summed E-state index contributed by atoms with van der Waals surface area (Å²) in [6, 6.07) is 15.7. The molecule has 6 nitrogen and oxygen atoms in total. The summed E-state index contributed by atoms with van der Waals surface area (Å²) >= 11 is 0. The monoisotopic (exact) mass is 382 g/mol. The fraction of sp³-hybridized carbons (Fsp3) is 0.364. The number of hydrogen-bond acceptors (Lipinski definition) is 2. The van der Waals surface area contributed by atoms with Crippen LogP contribution in [0, 0.1) is 13.8 Å². The van der Waals surface area contributed by atoms with E-state index in [4.69, 9.17) is 0 Å². The first-order valence-corrected chi connectivity index (χ1v) is 9.88. The molecule has 0 aromatic heterocycles.